The molecule has 0 fully saturated rings. The predicted octanol–water partition coefficient (Wildman–Crippen LogP) is 5.27. The summed E-state index contributed by atoms with van der Waals surface area (Å²) < 4.78 is 6.85. The molecule has 0 radical (unpaired) electrons. The van der Waals surface area contributed by atoms with E-state index in [4.69, 9.17) is 27.9 Å². The lowest BCUT2D eigenvalue weighted by Crippen LogP contribution is -2.06. The van der Waals surface area contributed by atoms with Crippen molar-refractivity contribution in [3.05, 3.63) is 56.5 Å². The van der Waals surface area contributed by atoms with Crippen LogP contribution in [0.4, 0.5) is 0 Å². The van der Waals surface area contributed by atoms with E-state index in [1.54, 1.807) is 18.2 Å². The van der Waals surface area contributed by atoms with Gasteiger partial charge in [0.05, 0.1) is 5.02 Å². The average molecular weight is 361 g/mol. The molecule has 0 atom stereocenters. The molecular weight excluding hydrogens is 349 g/mol. The highest BCUT2D eigenvalue weighted by atomic mass is 79.9. The van der Waals surface area contributed by atoms with Crippen molar-refractivity contribution in [2.45, 2.75) is 6.54 Å². The quantitative estimate of drug-likeness (QED) is 0.802. The van der Waals surface area contributed by atoms with Gasteiger partial charge in [-0.1, -0.05) is 45.2 Å². The Hall–Kier alpha value is -0.740. The molecule has 2 nitrogen and oxygen atoms in total. The van der Waals surface area contributed by atoms with Gasteiger partial charge < -0.3 is 10.1 Å². The molecule has 100 valence electrons. The summed E-state index contributed by atoms with van der Waals surface area (Å²) in [6, 6.07) is 11.2. The molecule has 0 saturated carbocycles. The zero-order chi connectivity index (χ0) is 13.8. The molecule has 2 aromatic carbocycles. The molecule has 1 N–H and O–H groups in total. The van der Waals surface area contributed by atoms with Crippen LogP contribution in [0.1, 0.15) is 5.56 Å². The molecule has 2 aromatic rings. The van der Waals surface area contributed by atoms with Crippen molar-refractivity contribution in [2.24, 2.45) is 0 Å². The highest BCUT2D eigenvalue weighted by Crippen LogP contribution is 2.36. The first-order chi connectivity index (χ1) is 9.11. The van der Waals surface area contributed by atoms with Crippen molar-refractivity contribution in [1.29, 1.82) is 0 Å². The summed E-state index contributed by atoms with van der Waals surface area (Å²) in [5.41, 5.74) is 1.04. The van der Waals surface area contributed by atoms with Gasteiger partial charge in [0.25, 0.3) is 0 Å². The zero-order valence-electron chi connectivity index (χ0n) is 10.2. The topological polar surface area (TPSA) is 21.3 Å². The van der Waals surface area contributed by atoms with Crippen molar-refractivity contribution in [1.82, 2.24) is 5.32 Å². The highest BCUT2D eigenvalue weighted by Gasteiger charge is 2.10. The van der Waals surface area contributed by atoms with E-state index in [0.717, 1.165) is 15.8 Å². The molecule has 0 saturated heterocycles. The molecule has 0 unspecified atom stereocenters. The van der Waals surface area contributed by atoms with Gasteiger partial charge in [-0.05, 0) is 37.4 Å². The van der Waals surface area contributed by atoms with E-state index in [9.17, 15) is 0 Å². The SMILES string of the molecule is CNCc1cc(Br)ccc1Oc1cccc(Cl)c1Cl. The molecule has 0 aromatic heterocycles. The van der Waals surface area contributed by atoms with Crippen LogP contribution in [-0.4, -0.2) is 7.05 Å². The fraction of sp³-hybridized carbons (Fsp3) is 0.143. The lowest BCUT2D eigenvalue weighted by Gasteiger charge is -2.13. The van der Waals surface area contributed by atoms with Gasteiger partial charge in [0.15, 0.2) is 0 Å². The minimum atomic E-state index is 0.419. The number of hydrogen-bond donors (Lipinski definition) is 1. The fourth-order valence-corrected chi connectivity index (χ4v) is 2.40. The summed E-state index contributed by atoms with van der Waals surface area (Å²) in [5.74, 6) is 1.30. The van der Waals surface area contributed by atoms with E-state index in [2.05, 4.69) is 21.2 Å². The van der Waals surface area contributed by atoms with Crippen molar-refractivity contribution in [3.8, 4) is 11.5 Å². The van der Waals surface area contributed by atoms with E-state index < -0.39 is 0 Å². The van der Waals surface area contributed by atoms with Gasteiger partial charge in [-0.25, -0.2) is 0 Å². The minimum Gasteiger partial charge on any atom is -0.455 e. The fourth-order valence-electron chi connectivity index (χ4n) is 1.66. The number of benzene rings is 2. The van der Waals surface area contributed by atoms with E-state index >= 15 is 0 Å². The summed E-state index contributed by atoms with van der Waals surface area (Å²) in [6.07, 6.45) is 0. The first-order valence-electron chi connectivity index (χ1n) is 5.66. The van der Waals surface area contributed by atoms with Crippen LogP contribution in [0.5, 0.6) is 11.5 Å². The largest absolute Gasteiger partial charge is 0.455 e. The van der Waals surface area contributed by atoms with Gasteiger partial charge in [-0.2, -0.15) is 0 Å². The standard InChI is InChI=1S/C14H12BrCl2NO/c1-18-8-9-7-10(15)5-6-12(9)19-13-4-2-3-11(16)14(13)17/h2-7,18H,8H2,1H3. The first-order valence-corrected chi connectivity index (χ1v) is 7.21. The van der Waals surface area contributed by atoms with Crippen LogP contribution in [0.3, 0.4) is 0 Å². The lowest BCUT2D eigenvalue weighted by atomic mass is 10.2. The van der Waals surface area contributed by atoms with Crippen molar-refractivity contribution in [3.63, 3.8) is 0 Å². The Labute approximate surface area is 130 Å². The van der Waals surface area contributed by atoms with E-state index in [0.29, 0.717) is 22.3 Å². The van der Waals surface area contributed by atoms with Crippen LogP contribution in [0.2, 0.25) is 10.0 Å². The Bertz CT molecular complexity index is 590. The second-order valence-electron chi connectivity index (χ2n) is 3.94. The van der Waals surface area contributed by atoms with E-state index in [1.807, 2.05) is 25.2 Å². The molecule has 5 heteroatoms. The molecule has 0 heterocycles. The Morgan fingerprint density at radius 1 is 1.16 bits per heavy atom. The van der Waals surface area contributed by atoms with Crippen molar-refractivity contribution in [2.75, 3.05) is 7.05 Å². The number of nitrogens with one attached hydrogen (secondary N) is 1. The molecule has 0 spiro atoms. The molecule has 19 heavy (non-hydrogen) atoms. The Morgan fingerprint density at radius 2 is 1.95 bits per heavy atom. The normalized spacial score (nSPS) is 10.5. The van der Waals surface area contributed by atoms with E-state index in [-0.39, 0.29) is 0 Å². The van der Waals surface area contributed by atoms with Gasteiger partial charge >= 0.3 is 0 Å². The second-order valence-corrected chi connectivity index (χ2v) is 5.64. The van der Waals surface area contributed by atoms with Gasteiger partial charge in [0.2, 0.25) is 0 Å². The van der Waals surface area contributed by atoms with Gasteiger partial charge in [-0.15, -0.1) is 0 Å². The van der Waals surface area contributed by atoms with Gasteiger partial charge in [0.1, 0.15) is 16.5 Å². The third kappa shape index (κ3) is 3.63. The highest BCUT2D eigenvalue weighted by molar-refractivity contribution is 9.10. The maximum atomic E-state index is 6.12. The maximum absolute atomic E-state index is 6.12. The van der Waals surface area contributed by atoms with Crippen LogP contribution in [0, 0.1) is 0 Å². The summed E-state index contributed by atoms with van der Waals surface area (Å²) in [6.45, 7) is 0.701. The number of halogens is 3. The smallest absolute Gasteiger partial charge is 0.147 e. The monoisotopic (exact) mass is 359 g/mol. The van der Waals surface area contributed by atoms with Gasteiger partial charge in [0, 0.05) is 16.6 Å². The molecule has 0 aliphatic rings. The molecule has 2 rings (SSSR count). The summed E-state index contributed by atoms with van der Waals surface area (Å²) >= 11 is 15.5. The molecule has 0 aliphatic heterocycles. The van der Waals surface area contributed by atoms with Crippen LogP contribution < -0.4 is 10.1 Å². The van der Waals surface area contributed by atoms with Crippen LogP contribution in [0.15, 0.2) is 40.9 Å². The van der Waals surface area contributed by atoms with Crippen molar-refractivity contribution >= 4 is 39.1 Å². The number of rotatable bonds is 4. The third-order valence-electron chi connectivity index (χ3n) is 2.53. The first kappa shape index (κ1) is 14.7. The van der Waals surface area contributed by atoms with E-state index in [1.165, 1.54) is 0 Å². The third-order valence-corrected chi connectivity index (χ3v) is 3.82. The molecule has 0 aliphatic carbocycles. The number of hydrogen-bond acceptors (Lipinski definition) is 2. The van der Waals surface area contributed by atoms with Crippen molar-refractivity contribution < 1.29 is 4.74 Å². The molecule has 0 bridgehead atoms. The summed E-state index contributed by atoms with van der Waals surface area (Å²) in [7, 11) is 1.89. The zero-order valence-corrected chi connectivity index (χ0v) is 13.3. The van der Waals surface area contributed by atoms with Gasteiger partial charge in [-0.3, -0.25) is 0 Å². The van der Waals surface area contributed by atoms with Crippen LogP contribution >= 0.6 is 39.1 Å². The average Bonchev–Trinajstić information content (AvgIpc) is 2.38. The lowest BCUT2D eigenvalue weighted by molar-refractivity contribution is 0.474. The minimum absolute atomic E-state index is 0.419. The summed E-state index contributed by atoms with van der Waals surface area (Å²) in [4.78, 5) is 0. The Kier molecular flexibility index (Phi) is 5.11. The molecule has 0 amide bonds. The second kappa shape index (κ2) is 6.62. The predicted molar refractivity (Wildman–Crippen MR) is 83.4 cm³/mol. The maximum Gasteiger partial charge on any atom is 0.147 e. The number of ether oxygens (including phenoxy) is 1. The summed E-state index contributed by atoms with van der Waals surface area (Å²) in [5, 5.41) is 4.00. The molecular formula is C14H12BrCl2NO. The van der Waals surface area contributed by atoms with Crippen LogP contribution in [0.25, 0.3) is 0 Å². The Morgan fingerprint density at radius 3 is 2.68 bits per heavy atom. The van der Waals surface area contributed by atoms with Crippen LogP contribution in [-0.2, 0) is 6.54 Å². The Balaban J connectivity index is 2.35.